The van der Waals surface area contributed by atoms with Crippen LogP contribution in [0, 0.1) is 17.3 Å². The molecule has 0 aromatic rings. The highest BCUT2D eigenvalue weighted by Crippen LogP contribution is 2.53. The molecule has 0 aromatic heterocycles. The van der Waals surface area contributed by atoms with E-state index in [9.17, 15) is 19.2 Å². The normalized spacial score (nSPS) is 21.2. The number of carbonyl (C=O) groups is 4. The fourth-order valence-electron chi connectivity index (χ4n) is 3.26. The molecule has 160 valence electrons. The molecule has 1 fully saturated rings. The van der Waals surface area contributed by atoms with Crippen LogP contribution in [-0.4, -0.2) is 40.1 Å². The average molecular weight is 399 g/mol. The molecule has 1 N–H and O–H groups in total. The molecular weight excluding hydrogens is 364 g/mol. The summed E-state index contributed by atoms with van der Waals surface area (Å²) < 4.78 is 10.4. The van der Waals surface area contributed by atoms with Gasteiger partial charge in [-0.05, 0) is 66.2 Å². The van der Waals surface area contributed by atoms with Crippen molar-refractivity contribution in [1.29, 1.82) is 0 Å². The van der Waals surface area contributed by atoms with Crippen LogP contribution in [0.5, 0.6) is 0 Å². The molecule has 2 atom stereocenters. The Morgan fingerprint density at radius 3 is 1.89 bits per heavy atom. The number of nitrogens with zero attached hydrogens (tertiary/aromatic N) is 1. The first-order valence-electron chi connectivity index (χ1n) is 9.50. The molecule has 1 rings (SSSR count). The second-order valence-electron chi connectivity index (χ2n) is 9.94. The van der Waals surface area contributed by atoms with Gasteiger partial charge in [-0.3, -0.25) is 9.59 Å². The van der Waals surface area contributed by atoms with Crippen molar-refractivity contribution in [2.45, 2.75) is 86.4 Å². The molecule has 0 bridgehead atoms. The van der Waals surface area contributed by atoms with E-state index < -0.39 is 29.3 Å². The van der Waals surface area contributed by atoms with E-state index in [2.05, 4.69) is 5.43 Å². The van der Waals surface area contributed by atoms with Gasteiger partial charge in [0, 0.05) is 12.3 Å². The van der Waals surface area contributed by atoms with Crippen molar-refractivity contribution in [2.24, 2.45) is 17.3 Å². The van der Waals surface area contributed by atoms with Gasteiger partial charge in [0.2, 0.25) is 0 Å². The summed E-state index contributed by atoms with van der Waals surface area (Å²) in [5.41, 5.74) is 0.197. The SMILES string of the molecule is CC(=O)[C@H]1C[C@@H](CC(=O)N(NC(=O)OC(C)(C)C)C(=O)OC(C)(C)C)C1(C)C. The van der Waals surface area contributed by atoms with Crippen molar-refractivity contribution < 1.29 is 28.7 Å². The fourth-order valence-corrected chi connectivity index (χ4v) is 3.26. The zero-order chi connectivity index (χ0) is 22.1. The van der Waals surface area contributed by atoms with Crippen LogP contribution >= 0.6 is 0 Å². The van der Waals surface area contributed by atoms with Gasteiger partial charge in [0.15, 0.2) is 0 Å². The van der Waals surface area contributed by atoms with Gasteiger partial charge in [-0.1, -0.05) is 13.8 Å². The number of rotatable bonds is 3. The Balaban J connectivity index is 2.92. The van der Waals surface area contributed by atoms with Gasteiger partial charge < -0.3 is 9.47 Å². The van der Waals surface area contributed by atoms with Crippen LogP contribution in [0.4, 0.5) is 9.59 Å². The van der Waals surface area contributed by atoms with Gasteiger partial charge in [-0.2, -0.15) is 0 Å². The lowest BCUT2D eigenvalue weighted by Gasteiger charge is -2.51. The molecule has 1 aliphatic carbocycles. The number of ketones is 1. The summed E-state index contributed by atoms with van der Waals surface area (Å²) in [6.45, 7) is 15.4. The lowest BCUT2D eigenvalue weighted by atomic mass is 9.52. The van der Waals surface area contributed by atoms with Gasteiger partial charge in [0.05, 0.1) is 0 Å². The monoisotopic (exact) mass is 398 g/mol. The standard InChI is InChI=1S/C20H34N2O6/c1-12(23)14-10-13(20(14,8)9)11-15(24)22(17(26)28-19(5,6)7)21-16(25)27-18(2,3)4/h13-14H,10-11H2,1-9H3,(H,21,25)/t13-,14+/m0/s1. The average Bonchev–Trinajstić information content (AvgIpc) is 2.44. The van der Waals surface area contributed by atoms with Crippen LogP contribution in [0.25, 0.3) is 0 Å². The van der Waals surface area contributed by atoms with E-state index in [-0.39, 0.29) is 29.5 Å². The molecule has 0 unspecified atom stereocenters. The van der Waals surface area contributed by atoms with Crippen molar-refractivity contribution >= 4 is 23.9 Å². The fraction of sp³-hybridized carbons (Fsp3) is 0.800. The highest BCUT2D eigenvalue weighted by Gasteiger charge is 2.51. The van der Waals surface area contributed by atoms with Gasteiger partial charge in [-0.25, -0.2) is 15.0 Å². The Labute approximate surface area is 167 Å². The molecule has 0 aliphatic heterocycles. The minimum atomic E-state index is -0.983. The van der Waals surface area contributed by atoms with Crippen LogP contribution in [0.15, 0.2) is 0 Å². The molecule has 1 aliphatic rings. The lowest BCUT2D eigenvalue weighted by Crippen LogP contribution is -2.55. The maximum atomic E-state index is 12.8. The zero-order valence-electron chi connectivity index (χ0n) is 18.5. The minimum absolute atomic E-state index is 0.00577. The second-order valence-corrected chi connectivity index (χ2v) is 9.94. The van der Waals surface area contributed by atoms with Crippen LogP contribution in [0.1, 0.15) is 75.2 Å². The van der Waals surface area contributed by atoms with Crippen LogP contribution in [0.3, 0.4) is 0 Å². The smallest absolute Gasteiger partial charge is 0.436 e. The molecule has 28 heavy (non-hydrogen) atoms. The number of ether oxygens (including phenoxy) is 2. The van der Waals surface area contributed by atoms with Gasteiger partial charge in [0.25, 0.3) is 5.91 Å². The first-order valence-corrected chi connectivity index (χ1v) is 9.50. The van der Waals surface area contributed by atoms with Crippen LogP contribution in [-0.2, 0) is 19.1 Å². The minimum Gasteiger partial charge on any atom is -0.443 e. The van der Waals surface area contributed by atoms with E-state index in [0.717, 1.165) is 0 Å². The van der Waals surface area contributed by atoms with Crippen LogP contribution < -0.4 is 5.43 Å². The Hall–Kier alpha value is -2.12. The molecule has 0 heterocycles. The van der Waals surface area contributed by atoms with Gasteiger partial charge in [-0.15, -0.1) is 5.01 Å². The first-order chi connectivity index (χ1) is 12.4. The predicted octanol–water partition coefficient (Wildman–Crippen LogP) is 3.83. The van der Waals surface area contributed by atoms with Crippen molar-refractivity contribution in [3.8, 4) is 0 Å². The summed E-state index contributed by atoms with van der Waals surface area (Å²) in [5.74, 6) is -0.719. The van der Waals surface area contributed by atoms with E-state index in [1.807, 2.05) is 13.8 Å². The van der Waals surface area contributed by atoms with Crippen molar-refractivity contribution in [2.75, 3.05) is 0 Å². The molecular formula is C20H34N2O6. The van der Waals surface area contributed by atoms with Crippen LogP contribution in [0.2, 0.25) is 0 Å². The number of hydrogen-bond acceptors (Lipinski definition) is 6. The zero-order valence-corrected chi connectivity index (χ0v) is 18.5. The Bertz CT molecular complexity index is 642. The Morgan fingerprint density at radius 1 is 1.00 bits per heavy atom. The highest BCUT2D eigenvalue weighted by atomic mass is 16.6. The van der Waals surface area contributed by atoms with E-state index in [1.54, 1.807) is 48.5 Å². The maximum Gasteiger partial charge on any atom is 0.436 e. The van der Waals surface area contributed by atoms with E-state index in [0.29, 0.717) is 11.4 Å². The molecule has 0 radical (unpaired) electrons. The van der Waals surface area contributed by atoms with E-state index >= 15 is 0 Å². The highest BCUT2D eigenvalue weighted by molar-refractivity contribution is 5.94. The van der Waals surface area contributed by atoms with E-state index in [1.165, 1.54) is 0 Å². The van der Waals surface area contributed by atoms with Crippen molar-refractivity contribution in [3.63, 3.8) is 0 Å². The molecule has 3 amide bonds. The molecule has 0 spiro atoms. The lowest BCUT2D eigenvalue weighted by molar-refractivity contribution is -0.146. The number of hydrogen-bond donors (Lipinski definition) is 1. The Kier molecular flexibility index (Phi) is 6.91. The summed E-state index contributed by atoms with van der Waals surface area (Å²) in [6.07, 6.45) is -1.33. The molecule has 0 saturated heterocycles. The number of hydrazine groups is 1. The van der Waals surface area contributed by atoms with Gasteiger partial charge >= 0.3 is 12.2 Å². The maximum absolute atomic E-state index is 12.8. The molecule has 0 aromatic carbocycles. The third-order valence-electron chi connectivity index (χ3n) is 4.81. The number of nitrogens with one attached hydrogen (secondary N) is 1. The third-order valence-corrected chi connectivity index (χ3v) is 4.81. The molecule has 8 nitrogen and oxygen atoms in total. The third kappa shape index (κ3) is 6.49. The number of carbonyl (C=O) groups excluding carboxylic acids is 4. The predicted molar refractivity (Wildman–Crippen MR) is 103 cm³/mol. The van der Waals surface area contributed by atoms with E-state index in [4.69, 9.17) is 9.47 Å². The topological polar surface area (TPSA) is 102 Å². The summed E-state index contributed by atoms with van der Waals surface area (Å²) >= 11 is 0. The summed E-state index contributed by atoms with van der Waals surface area (Å²) in [7, 11) is 0. The molecule has 1 saturated carbocycles. The number of amides is 3. The molecule has 8 heteroatoms. The Morgan fingerprint density at radius 2 is 1.50 bits per heavy atom. The van der Waals surface area contributed by atoms with Crippen molar-refractivity contribution in [3.05, 3.63) is 0 Å². The quantitative estimate of drug-likeness (QED) is 0.725. The summed E-state index contributed by atoms with van der Waals surface area (Å²) in [6, 6.07) is 0. The summed E-state index contributed by atoms with van der Waals surface area (Å²) in [4.78, 5) is 49.1. The van der Waals surface area contributed by atoms with Crippen molar-refractivity contribution in [1.82, 2.24) is 10.4 Å². The van der Waals surface area contributed by atoms with Gasteiger partial charge in [0.1, 0.15) is 17.0 Å². The number of imide groups is 1. The summed E-state index contributed by atoms with van der Waals surface area (Å²) in [5, 5.41) is 0.566. The largest absolute Gasteiger partial charge is 0.443 e. The second kappa shape index (κ2) is 8.09. The first kappa shape index (κ1) is 23.9. The number of Topliss-reactive ketones (excluding diaryl/α,β-unsaturated/α-hetero) is 1.